The summed E-state index contributed by atoms with van der Waals surface area (Å²) in [5.41, 5.74) is 3.39. The molecule has 1 atom stereocenters. The zero-order chi connectivity index (χ0) is 33.3. The molecule has 0 spiro atoms. The van der Waals surface area contributed by atoms with Crippen LogP contribution in [0.3, 0.4) is 0 Å². The van der Waals surface area contributed by atoms with Crippen molar-refractivity contribution in [2.45, 2.75) is 56.1 Å². The van der Waals surface area contributed by atoms with Gasteiger partial charge in [-0.1, -0.05) is 50.6 Å². The summed E-state index contributed by atoms with van der Waals surface area (Å²) >= 11 is 0. The summed E-state index contributed by atoms with van der Waals surface area (Å²) in [6, 6.07) is 23.7. The zero-order valence-electron chi connectivity index (χ0n) is 26.9. The third-order valence-corrected chi connectivity index (χ3v) is 10.8. The van der Waals surface area contributed by atoms with Gasteiger partial charge in [0, 0.05) is 28.6 Å². The third kappa shape index (κ3) is 7.01. The van der Waals surface area contributed by atoms with Crippen molar-refractivity contribution in [2.75, 3.05) is 23.7 Å². The Morgan fingerprint density at radius 2 is 1.70 bits per heavy atom. The Bertz CT molecular complexity index is 2090. The van der Waals surface area contributed by atoms with Crippen molar-refractivity contribution in [2.24, 2.45) is 5.92 Å². The van der Waals surface area contributed by atoms with E-state index < -0.39 is 26.7 Å². The van der Waals surface area contributed by atoms with Gasteiger partial charge in [0.1, 0.15) is 11.4 Å². The van der Waals surface area contributed by atoms with E-state index in [2.05, 4.69) is 36.7 Å². The fourth-order valence-electron chi connectivity index (χ4n) is 6.02. The molecule has 0 aliphatic carbocycles. The summed E-state index contributed by atoms with van der Waals surface area (Å²) in [4.78, 5) is 25.2. The highest BCUT2D eigenvalue weighted by atomic mass is 32.2. The molecule has 2 amide bonds. The average Bonchev–Trinajstić information content (AvgIpc) is 3.46. The number of urea groups is 1. The van der Waals surface area contributed by atoms with Crippen LogP contribution < -0.4 is 21.6 Å². The number of aromatic nitrogens is 2. The molecule has 1 unspecified atom stereocenters. The first kappa shape index (κ1) is 32.2. The summed E-state index contributed by atoms with van der Waals surface area (Å²) in [5, 5.41) is 13.6. The molecule has 0 saturated carbocycles. The first-order valence-electron chi connectivity index (χ1n) is 15.7. The number of hydrogen-bond acceptors (Lipinski definition) is 7. The topological polar surface area (TPSA) is 135 Å². The van der Waals surface area contributed by atoms with Gasteiger partial charge < -0.3 is 15.1 Å². The number of fused-ring (bicyclic) bond motifs is 1. The number of amides is 2. The Morgan fingerprint density at radius 3 is 2.43 bits per heavy atom. The minimum Gasteiger partial charge on any atom is -0.423 e. The predicted molar refractivity (Wildman–Crippen MR) is 184 cm³/mol. The Balaban J connectivity index is 1.30. The standard InChI is InChI=1S/C36H39N5O5S/c1-23-8-11-28(12-9-23)41-32(22-31(40-41)36(2,3)4)39-35(43)38-27-7-5-6-26(20-27)34(24-16-18-37-19-17-24)47(44,45)29-13-14-30-25(21-29)10-15-33(42)46-30/h5-15,20-22,24,34,37H,16-19H2,1-4H3,(H2,38,39,43). The van der Waals surface area contributed by atoms with Crippen molar-refractivity contribution in [3.05, 3.63) is 112 Å². The number of rotatable bonds is 7. The SMILES string of the molecule is Cc1ccc(-n2nc(C(C)(C)C)cc2NC(=O)Nc2cccc(C(C3CCNCC3)S(=O)(=O)c3ccc4oc(=O)ccc4c3)c2)cc1. The maximum atomic E-state index is 14.4. The van der Waals surface area contributed by atoms with E-state index >= 15 is 0 Å². The minimum atomic E-state index is -3.89. The van der Waals surface area contributed by atoms with Crippen molar-refractivity contribution < 1.29 is 17.6 Å². The number of anilines is 2. The number of nitrogens with zero attached hydrogens (tertiary/aromatic N) is 2. The van der Waals surface area contributed by atoms with Crippen LogP contribution in [0.5, 0.6) is 0 Å². The predicted octanol–water partition coefficient (Wildman–Crippen LogP) is 6.74. The normalized spacial score (nSPS) is 15.0. The van der Waals surface area contributed by atoms with E-state index in [1.807, 2.05) is 37.3 Å². The van der Waals surface area contributed by atoms with Crippen molar-refractivity contribution in [1.29, 1.82) is 0 Å². The highest BCUT2D eigenvalue weighted by Gasteiger charge is 2.37. The first-order valence-corrected chi connectivity index (χ1v) is 17.3. The maximum Gasteiger partial charge on any atom is 0.336 e. The van der Waals surface area contributed by atoms with Gasteiger partial charge in [0.15, 0.2) is 9.84 Å². The van der Waals surface area contributed by atoms with Crippen LogP contribution in [0.15, 0.2) is 99.0 Å². The molecule has 1 fully saturated rings. The molecule has 10 nitrogen and oxygen atoms in total. The lowest BCUT2D eigenvalue weighted by Crippen LogP contribution is -2.33. The Morgan fingerprint density at radius 1 is 0.957 bits per heavy atom. The van der Waals surface area contributed by atoms with E-state index in [1.165, 1.54) is 18.2 Å². The molecule has 6 rings (SSSR count). The molecule has 244 valence electrons. The van der Waals surface area contributed by atoms with E-state index in [4.69, 9.17) is 9.52 Å². The first-order chi connectivity index (χ1) is 22.4. The number of piperidine rings is 1. The fourth-order valence-corrected chi connectivity index (χ4v) is 8.14. The van der Waals surface area contributed by atoms with Crippen LogP contribution >= 0.6 is 0 Å². The van der Waals surface area contributed by atoms with Crippen LogP contribution in [0, 0.1) is 12.8 Å². The maximum absolute atomic E-state index is 14.4. The molecule has 0 bridgehead atoms. The molecule has 3 N–H and O–H groups in total. The van der Waals surface area contributed by atoms with Crippen LogP contribution in [0.2, 0.25) is 0 Å². The molecular formula is C36H39N5O5S. The second-order valence-electron chi connectivity index (χ2n) is 13.1. The monoisotopic (exact) mass is 653 g/mol. The third-order valence-electron chi connectivity index (χ3n) is 8.54. The molecule has 5 aromatic rings. The number of hydrogen-bond donors (Lipinski definition) is 3. The summed E-state index contributed by atoms with van der Waals surface area (Å²) in [6.07, 6.45) is 1.37. The second-order valence-corrected chi connectivity index (χ2v) is 15.2. The van der Waals surface area contributed by atoms with Crippen LogP contribution in [0.25, 0.3) is 16.7 Å². The summed E-state index contributed by atoms with van der Waals surface area (Å²) in [6.45, 7) is 9.62. The molecule has 1 aliphatic heterocycles. The summed E-state index contributed by atoms with van der Waals surface area (Å²) in [5.74, 6) is 0.365. The Labute approximate surface area is 274 Å². The van der Waals surface area contributed by atoms with Gasteiger partial charge in [-0.3, -0.25) is 5.32 Å². The van der Waals surface area contributed by atoms with Gasteiger partial charge >= 0.3 is 11.7 Å². The number of nitrogens with one attached hydrogen (secondary N) is 3. The largest absolute Gasteiger partial charge is 0.423 e. The molecule has 2 aromatic heterocycles. The smallest absolute Gasteiger partial charge is 0.336 e. The van der Waals surface area contributed by atoms with Gasteiger partial charge in [-0.2, -0.15) is 5.10 Å². The lowest BCUT2D eigenvalue weighted by atomic mass is 9.90. The number of benzene rings is 3. The molecule has 3 heterocycles. The Kier molecular flexibility index (Phi) is 8.78. The lowest BCUT2D eigenvalue weighted by molar-refractivity contribution is 0.262. The van der Waals surface area contributed by atoms with Crippen LogP contribution in [0.4, 0.5) is 16.3 Å². The average molecular weight is 654 g/mol. The van der Waals surface area contributed by atoms with Gasteiger partial charge in [0.05, 0.1) is 21.5 Å². The quantitative estimate of drug-likeness (QED) is 0.166. The van der Waals surface area contributed by atoms with Crippen molar-refractivity contribution in [1.82, 2.24) is 15.1 Å². The van der Waals surface area contributed by atoms with Gasteiger partial charge in [0.25, 0.3) is 0 Å². The van der Waals surface area contributed by atoms with Gasteiger partial charge in [-0.15, -0.1) is 0 Å². The fraction of sp³-hybridized carbons (Fsp3) is 0.306. The molecule has 47 heavy (non-hydrogen) atoms. The number of aryl methyl sites for hydroxylation is 1. The van der Waals surface area contributed by atoms with Gasteiger partial charge in [0.2, 0.25) is 0 Å². The van der Waals surface area contributed by atoms with Crippen molar-refractivity contribution in [3.63, 3.8) is 0 Å². The zero-order valence-corrected chi connectivity index (χ0v) is 27.7. The molecule has 11 heteroatoms. The highest BCUT2D eigenvalue weighted by molar-refractivity contribution is 7.91. The van der Waals surface area contributed by atoms with E-state index in [1.54, 1.807) is 41.1 Å². The minimum absolute atomic E-state index is 0.144. The van der Waals surface area contributed by atoms with E-state index in [9.17, 15) is 18.0 Å². The van der Waals surface area contributed by atoms with E-state index in [0.717, 1.165) is 16.9 Å². The molecule has 1 saturated heterocycles. The number of sulfone groups is 1. The van der Waals surface area contributed by atoms with Crippen molar-refractivity contribution >= 4 is 38.3 Å². The molecular weight excluding hydrogens is 614 g/mol. The summed E-state index contributed by atoms with van der Waals surface area (Å²) in [7, 11) is -3.89. The molecule has 1 aliphatic rings. The van der Waals surface area contributed by atoms with Crippen LogP contribution in [0.1, 0.15) is 55.7 Å². The number of carbonyl (C=O) groups is 1. The lowest BCUT2D eigenvalue weighted by Gasteiger charge is -2.31. The van der Waals surface area contributed by atoms with Crippen molar-refractivity contribution in [3.8, 4) is 5.69 Å². The molecule has 0 radical (unpaired) electrons. The second kappa shape index (κ2) is 12.8. The molecule has 3 aromatic carbocycles. The number of carbonyl (C=O) groups excluding carboxylic acids is 1. The van der Waals surface area contributed by atoms with Gasteiger partial charge in [-0.25, -0.2) is 22.7 Å². The van der Waals surface area contributed by atoms with Gasteiger partial charge in [-0.05, 0) is 92.9 Å². The van der Waals surface area contributed by atoms with E-state index in [-0.39, 0.29) is 16.2 Å². The van der Waals surface area contributed by atoms with Crippen LogP contribution in [-0.2, 0) is 15.3 Å². The summed E-state index contributed by atoms with van der Waals surface area (Å²) < 4.78 is 35.7. The Hall–Kier alpha value is -4.74. The highest BCUT2D eigenvalue weighted by Crippen LogP contribution is 2.40. The van der Waals surface area contributed by atoms with Crippen LogP contribution in [-0.4, -0.2) is 37.3 Å². The van der Waals surface area contributed by atoms with E-state index in [0.29, 0.717) is 54.0 Å².